The van der Waals surface area contributed by atoms with Crippen molar-refractivity contribution in [1.82, 2.24) is 0 Å². The van der Waals surface area contributed by atoms with Crippen molar-refractivity contribution in [3.63, 3.8) is 0 Å². The standard InChI is InChI=1S/C48H39NP/c1-5-6-8-15-31-28-50-46-38(22-20-36-34-16-11-12-17-35(34)42(31)44(36)46)41-27-40(29-13-9-7-10-14-29)37-21-23-39(47(50)43(37)41)45-33-19-18-32(48(2,3)4)26-30(33)24-25-49(45)50/h5-27,40,42,50H,1,28H2,2-4H3/q+1/b8-6-,31-15+. The van der Waals surface area contributed by atoms with Crippen molar-refractivity contribution in [3.05, 3.63) is 191 Å². The first-order valence-electron chi connectivity index (χ1n) is 18.1. The molecular formula is C48H39NP+. The predicted octanol–water partition coefficient (Wildman–Crippen LogP) is 10.3. The molecule has 1 nitrogen and oxygen atoms in total. The summed E-state index contributed by atoms with van der Waals surface area (Å²) >= 11 is 0. The van der Waals surface area contributed by atoms with E-state index in [0.717, 1.165) is 6.16 Å². The first kappa shape index (κ1) is 28.7. The van der Waals surface area contributed by atoms with Gasteiger partial charge in [0.1, 0.15) is 0 Å². The molecule has 5 aliphatic rings. The molecule has 0 fully saturated rings. The van der Waals surface area contributed by atoms with Crippen LogP contribution in [-0.2, 0) is 5.41 Å². The SMILES string of the molecule is C=C/C=C\C=C1/C[PH]23c4c(ccc5c4C(=CC5c4ccccc4)c4ccc5c(c42)C1c1ccccc1-5)-c1c2ccc(C(C)(C)C)cc2cc[n+]13. The van der Waals surface area contributed by atoms with Crippen molar-refractivity contribution in [3.8, 4) is 22.4 Å². The summed E-state index contributed by atoms with van der Waals surface area (Å²) in [5.74, 6) is 0.514. The monoisotopic (exact) mass is 660 g/mol. The Morgan fingerprint density at radius 1 is 0.760 bits per heavy atom. The molecule has 240 valence electrons. The topological polar surface area (TPSA) is 3.88 Å². The molecule has 1 aromatic heterocycles. The van der Waals surface area contributed by atoms with Crippen LogP contribution in [0.1, 0.15) is 71.6 Å². The molecule has 0 bridgehead atoms. The summed E-state index contributed by atoms with van der Waals surface area (Å²) in [5, 5.41) is 6.00. The van der Waals surface area contributed by atoms with E-state index in [1.807, 2.05) is 6.08 Å². The second-order valence-electron chi connectivity index (χ2n) is 15.9. The fourth-order valence-corrected chi connectivity index (χ4v) is 16.3. The van der Waals surface area contributed by atoms with Crippen molar-refractivity contribution in [1.29, 1.82) is 0 Å². The molecule has 6 aromatic rings. The summed E-state index contributed by atoms with van der Waals surface area (Å²) < 4.78 is 2.84. The maximum absolute atomic E-state index is 4.00. The molecule has 3 aliphatic heterocycles. The Labute approximate surface area is 295 Å². The van der Waals surface area contributed by atoms with Crippen molar-refractivity contribution < 1.29 is 4.34 Å². The quantitative estimate of drug-likeness (QED) is 0.131. The Bertz CT molecular complexity index is 2630. The van der Waals surface area contributed by atoms with Crippen LogP contribution in [0.4, 0.5) is 0 Å². The number of pyridine rings is 1. The molecule has 0 N–H and O–H groups in total. The predicted molar refractivity (Wildman–Crippen MR) is 213 cm³/mol. The summed E-state index contributed by atoms with van der Waals surface area (Å²) in [6, 6.07) is 39.9. The van der Waals surface area contributed by atoms with Gasteiger partial charge >= 0.3 is 296 Å². The average Bonchev–Trinajstić information content (AvgIpc) is 3.78. The number of rotatable bonds is 3. The molecule has 2 unspecified atom stereocenters. The van der Waals surface area contributed by atoms with E-state index in [9.17, 15) is 0 Å². The fourth-order valence-electron chi connectivity index (χ4n) is 10.4. The van der Waals surface area contributed by atoms with E-state index in [2.05, 4.69) is 165 Å². The van der Waals surface area contributed by atoms with Crippen LogP contribution in [-0.4, -0.2) is 6.16 Å². The molecular weight excluding hydrogens is 622 g/mol. The van der Waals surface area contributed by atoms with E-state index in [1.165, 1.54) is 77.7 Å². The van der Waals surface area contributed by atoms with Crippen LogP contribution in [0.3, 0.4) is 0 Å². The Kier molecular flexibility index (Phi) is 5.61. The molecule has 2 atom stereocenters. The number of benzene rings is 5. The number of fused-ring (bicyclic) bond motifs is 8. The number of hydrogen-bond acceptors (Lipinski definition) is 0. The van der Waals surface area contributed by atoms with Crippen molar-refractivity contribution >= 4 is 34.4 Å². The first-order chi connectivity index (χ1) is 24.4. The van der Waals surface area contributed by atoms with E-state index in [0.29, 0.717) is 0 Å². The molecule has 0 saturated heterocycles. The van der Waals surface area contributed by atoms with E-state index < -0.39 is 7.41 Å². The van der Waals surface area contributed by atoms with Crippen LogP contribution in [0, 0.1) is 0 Å². The number of nitrogens with zero attached hydrogens (tertiary/aromatic N) is 1. The third-order valence-corrected chi connectivity index (χ3v) is 17.2. The third kappa shape index (κ3) is 3.44. The summed E-state index contributed by atoms with van der Waals surface area (Å²) in [6.07, 6.45) is 14.8. The van der Waals surface area contributed by atoms with Crippen LogP contribution in [0.25, 0.3) is 38.7 Å². The van der Waals surface area contributed by atoms with Gasteiger partial charge in [0, 0.05) is 0 Å². The Balaban J connectivity index is 1.31. The molecule has 2 aliphatic carbocycles. The normalized spacial score (nSPS) is 20.8. The average molecular weight is 661 g/mol. The van der Waals surface area contributed by atoms with Gasteiger partial charge in [-0.25, -0.2) is 0 Å². The van der Waals surface area contributed by atoms with Gasteiger partial charge in [0.2, 0.25) is 0 Å². The molecule has 1 spiro atoms. The van der Waals surface area contributed by atoms with Crippen molar-refractivity contribution in [2.24, 2.45) is 0 Å². The van der Waals surface area contributed by atoms with Crippen LogP contribution in [0.15, 0.2) is 152 Å². The van der Waals surface area contributed by atoms with Crippen LogP contribution in [0.5, 0.6) is 0 Å². The van der Waals surface area contributed by atoms with E-state index in [-0.39, 0.29) is 17.3 Å². The van der Waals surface area contributed by atoms with Gasteiger partial charge in [-0.3, -0.25) is 0 Å². The second-order valence-corrected chi connectivity index (χ2v) is 19.4. The van der Waals surface area contributed by atoms with Gasteiger partial charge in [-0.05, 0) is 0 Å². The van der Waals surface area contributed by atoms with E-state index >= 15 is 0 Å². The van der Waals surface area contributed by atoms with Gasteiger partial charge in [-0.2, -0.15) is 0 Å². The van der Waals surface area contributed by atoms with E-state index in [4.69, 9.17) is 0 Å². The van der Waals surface area contributed by atoms with Crippen LogP contribution in [0.2, 0.25) is 0 Å². The van der Waals surface area contributed by atoms with Crippen LogP contribution >= 0.6 is 7.41 Å². The van der Waals surface area contributed by atoms with E-state index in [1.54, 1.807) is 16.2 Å². The molecule has 50 heavy (non-hydrogen) atoms. The number of hydrogen-bond donors (Lipinski definition) is 0. The molecule has 0 radical (unpaired) electrons. The number of allylic oxidation sites excluding steroid dienone is 6. The van der Waals surface area contributed by atoms with Gasteiger partial charge < -0.3 is 0 Å². The van der Waals surface area contributed by atoms with Gasteiger partial charge in [-0.15, -0.1) is 0 Å². The second kappa shape index (κ2) is 9.78. The van der Waals surface area contributed by atoms with Gasteiger partial charge in [0.15, 0.2) is 0 Å². The zero-order valence-electron chi connectivity index (χ0n) is 28.8. The fraction of sp³-hybridized carbons (Fsp3) is 0.146. The maximum atomic E-state index is 4.00. The van der Waals surface area contributed by atoms with Gasteiger partial charge in [0.05, 0.1) is 0 Å². The summed E-state index contributed by atoms with van der Waals surface area (Å²) in [7, 11) is -2.64. The summed E-state index contributed by atoms with van der Waals surface area (Å²) in [4.78, 5) is 0. The molecule has 4 heterocycles. The molecule has 2 heteroatoms. The molecule has 5 aromatic carbocycles. The minimum atomic E-state index is -2.64. The summed E-state index contributed by atoms with van der Waals surface area (Å²) in [5.41, 5.74) is 19.0. The summed E-state index contributed by atoms with van der Waals surface area (Å²) in [6.45, 7) is 11.0. The number of aromatic nitrogens is 1. The van der Waals surface area contributed by atoms with Gasteiger partial charge in [0.25, 0.3) is 0 Å². The molecule has 0 amide bonds. The van der Waals surface area contributed by atoms with Crippen molar-refractivity contribution in [2.75, 3.05) is 6.16 Å². The molecule has 0 saturated carbocycles. The minimum absolute atomic E-state index is 0.0929. The Hall–Kier alpha value is -5.10. The van der Waals surface area contributed by atoms with Gasteiger partial charge in [-0.1, -0.05) is 0 Å². The van der Waals surface area contributed by atoms with Crippen LogP contribution < -0.4 is 14.9 Å². The zero-order chi connectivity index (χ0) is 33.5. The van der Waals surface area contributed by atoms with Crippen molar-refractivity contribution in [2.45, 2.75) is 38.0 Å². The zero-order valence-corrected chi connectivity index (χ0v) is 29.8. The Morgan fingerprint density at radius 2 is 1.56 bits per heavy atom. The third-order valence-electron chi connectivity index (χ3n) is 12.4. The Morgan fingerprint density at radius 3 is 2.40 bits per heavy atom. The molecule has 11 rings (SSSR count). The first-order valence-corrected chi connectivity index (χ1v) is 20.2.